The van der Waals surface area contributed by atoms with Crippen molar-refractivity contribution < 1.29 is 9.18 Å². The average Bonchev–Trinajstić information content (AvgIpc) is 2.83. The van der Waals surface area contributed by atoms with Gasteiger partial charge in [-0.15, -0.1) is 0 Å². The van der Waals surface area contributed by atoms with Crippen molar-refractivity contribution in [2.75, 3.05) is 0 Å². The smallest absolute Gasteiger partial charge is 0.126 e. The number of hydrogen-bond acceptors (Lipinski definition) is 1. The van der Waals surface area contributed by atoms with Crippen molar-refractivity contribution in [3.8, 4) is 0 Å². The highest BCUT2D eigenvalue weighted by Gasteiger charge is 2.60. The second-order valence-electron chi connectivity index (χ2n) is 5.45. The Bertz CT molecular complexity index is 436. The Balaban J connectivity index is 2.01. The van der Waals surface area contributed by atoms with Crippen LogP contribution in [0.5, 0.6) is 0 Å². The van der Waals surface area contributed by atoms with E-state index in [0.29, 0.717) is 5.92 Å². The second kappa shape index (κ2) is 3.94. The van der Waals surface area contributed by atoms with Crippen LogP contribution in [0.1, 0.15) is 37.7 Å². The molecule has 2 unspecified atom stereocenters. The van der Waals surface area contributed by atoms with Gasteiger partial charge >= 0.3 is 0 Å². The summed E-state index contributed by atoms with van der Waals surface area (Å²) in [6, 6.07) is 7.00. The summed E-state index contributed by atoms with van der Waals surface area (Å²) < 4.78 is 14.0. The first-order valence-electron chi connectivity index (χ1n) is 6.49. The Morgan fingerprint density at radius 2 is 1.94 bits per heavy atom. The number of benzene rings is 1. The molecule has 1 nitrogen and oxygen atoms in total. The maximum Gasteiger partial charge on any atom is 0.126 e. The van der Waals surface area contributed by atoms with E-state index in [4.69, 9.17) is 0 Å². The molecule has 2 heteroatoms. The number of rotatable bonds is 3. The highest BCUT2D eigenvalue weighted by atomic mass is 19.1. The van der Waals surface area contributed by atoms with Crippen LogP contribution in [-0.4, -0.2) is 6.29 Å². The minimum absolute atomic E-state index is 0.0440. The molecule has 90 valence electrons. The summed E-state index contributed by atoms with van der Waals surface area (Å²) >= 11 is 0. The molecule has 1 aromatic carbocycles. The molecule has 2 aliphatic rings. The summed E-state index contributed by atoms with van der Waals surface area (Å²) in [5.41, 5.74) is 0.618. The summed E-state index contributed by atoms with van der Waals surface area (Å²) in [6.07, 6.45) is 6.64. The molecule has 0 heterocycles. The average molecular weight is 232 g/mol. The predicted molar refractivity (Wildman–Crippen MR) is 64.2 cm³/mol. The normalized spacial score (nSPS) is 32.6. The Morgan fingerprint density at radius 1 is 1.24 bits per heavy atom. The van der Waals surface area contributed by atoms with Crippen LogP contribution in [-0.2, 0) is 10.2 Å². The highest BCUT2D eigenvalue weighted by Crippen LogP contribution is 2.62. The van der Waals surface area contributed by atoms with Gasteiger partial charge in [0.25, 0.3) is 0 Å². The monoisotopic (exact) mass is 232 g/mol. The van der Waals surface area contributed by atoms with Crippen LogP contribution in [0.15, 0.2) is 24.3 Å². The van der Waals surface area contributed by atoms with Crippen molar-refractivity contribution in [1.29, 1.82) is 0 Å². The molecule has 0 bridgehead atoms. The van der Waals surface area contributed by atoms with Crippen LogP contribution in [0.3, 0.4) is 0 Å². The molecule has 17 heavy (non-hydrogen) atoms. The molecular weight excluding hydrogens is 215 g/mol. The molecule has 0 aromatic heterocycles. The van der Waals surface area contributed by atoms with Gasteiger partial charge in [-0.05, 0) is 36.8 Å². The van der Waals surface area contributed by atoms with Crippen molar-refractivity contribution in [2.45, 2.75) is 37.5 Å². The van der Waals surface area contributed by atoms with Crippen LogP contribution in [0, 0.1) is 17.7 Å². The van der Waals surface area contributed by atoms with E-state index in [2.05, 4.69) is 0 Å². The Morgan fingerprint density at radius 3 is 2.53 bits per heavy atom. The molecular formula is C15H17FO. The fourth-order valence-electron chi connectivity index (χ4n) is 3.75. The van der Waals surface area contributed by atoms with Crippen LogP contribution < -0.4 is 0 Å². The minimum Gasteiger partial charge on any atom is -0.303 e. The fourth-order valence-corrected chi connectivity index (χ4v) is 3.75. The number of hydrogen-bond donors (Lipinski definition) is 0. The van der Waals surface area contributed by atoms with Crippen LogP contribution in [0.4, 0.5) is 4.39 Å². The summed E-state index contributed by atoms with van der Waals surface area (Å²) in [4.78, 5) is 11.1. The van der Waals surface area contributed by atoms with Crippen LogP contribution in [0.2, 0.25) is 0 Å². The minimum atomic E-state index is -0.163. The molecule has 0 saturated heterocycles. The molecule has 2 aliphatic carbocycles. The van der Waals surface area contributed by atoms with Crippen molar-refractivity contribution in [1.82, 2.24) is 0 Å². The van der Waals surface area contributed by atoms with Crippen molar-refractivity contribution >= 4 is 6.29 Å². The molecule has 0 spiro atoms. The Hall–Kier alpha value is -1.18. The highest BCUT2D eigenvalue weighted by molar-refractivity contribution is 5.65. The Kier molecular flexibility index (Phi) is 2.53. The molecule has 3 rings (SSSR count). The third-order valence-electron chi connectivity index (χ3n) is 4.68. The van der Waals surface area contributed by atoms with E-state index >= 15 is 0 Å². The predicted octanol–water partition coefficient (Wildman–Crippen LogP) is 3.47. The van der Waals surface area contributed by atoms with E-state index in [-0.39, 0.29) is 17.2 Å². The van der Waals surface area contributed by atoms with E-state index in [0.717, 1.165) is 31.1 Å². The molecule has 2 fully saturated rings. The van der Waals surface area contributed by atoms with Crippen molar-refractivity contribution in [2.24, 2.45) is 11.8 Å². The third kappa shape index (κ3) is 1.54. The second-order valence-corrected chi connectivity index (χ2v) is 5.45. The van der Waals surface area contributed by atoms with Gasteiger partial charge in [-0.1, -0.05) is 31.0 Å². The largest absolute Gasteiger partial charge is 0.303 e. The van der Waals surface area contributed by atoms with Crippen molar-refractivity contribution in [3.05, 3.63) is 35.6 Å². The van der Waals surface area contributed by atoms with Gasteiger partial charge in [0.15, 0.2) is 0 Å². The Labute approximate surface area is 101 Å². The molecule has 0 N–H and O–H groups in total. The zero-order chi connectivity index (χ0) is 11.9. The summed E-state index contributed by atoms with van der Waals surface area (Å²) in [7, 11) is 0. The third-order valence-corrected chi connectivity index (χ3v) is 4.68. The number of halogens is 1. The van der Waals surface area contributed by atoms with Gasteiger partial charge in [0.1, 0.15) is 12.1 Å². The van der Waals surface area contributed by atoms with Crippen LogP contribution in [0.25, 0.3) is 0 Å². The lowest BCUT2D eigenvalue weighted by molar-refractivity contribution is -0.109. The molecule has 2 saturated carbocycles. The van der Waals surface area contributed by atoms with Gasteiger partial charge in [-0.25, -0.2) is 4.39 Å². The summed E-state index contributed by atoms with van der Waals surface area (Å²) in [5.74, 6) is 0.417. The molecule has 0 amide bonds. The van der Waals surface area contributed by atoms with E-state index in [1.807, 2.05) is 12.1 Å². The molecule has 0 aliphatic heterocycles. The maximum atomic E-state index is 14.0. The zero-order valence-corrected chi connectivity index (χ0v) is 9.86. The number of aldehydes is 1. The quantitative estimate of drug-likeness (QED) is 0.729. The molecule has 2 atom stereocenters. The van der Waals surface area contributed by atoms with E-state index in [1.165, 1.54) is 18.9 Å². The van der Waals surface area contributed by atoms with Gasteiger partial charge < -0.3 is 4.79 Å². The van der Waals surface area contributed by atoms with E-state index in [1.54, 1.807) is 6.07 Å². The molecule has 1 aromatic rings. The number of carbonyl (C=O) groups excluding carboxylic acids is 1. The standard InChI is InChI=1S/C15H17FO/c16-14-8-4-3-7-13(14)15(9-12(15)10-17)11-5-1-2-6-11/h3-4,7-8,10-12H,1-2,5-6,9H2. The van der Waals surface area contributed by atoms with Gasteiger partial charge in [-0.2, -0.15) is 0 Å². The van der Waals surface area contributed by atoms with E-state index < -0.39 is 0 Å². The lowest BCUT2D eigenvalue weighted by Gasteiger charge is -2.24. The summed E-state index contributed by atoms with van der Waals surface area (Å²) in [5, 5.41) is 0. The first-order chi connectivity index (χ1) is 8.29. The first-order valence-corrected chi connectivity index (χ1v) is 6.49. The van der Waals surface area contributed by atoms with Gasteiger partial charge in [0.2, 0.25) is 0 Å². The lowest BCUT2D eigenvalue weighted by Crippen LogP contribution is -2.22. The first kappa shape index (κ1) is 10.9. The lowest BCUT2D eigenvalue weighted by atomic mass is 9.79. The zero-order valence-electron chi connectivity index (χ0n) is 9.86. The van der Waals surface area contributed by atoms with E-state index in [9.17, 15) is 9.18 Å². The molecule has 0 radical (unpaired) electrons. The van der Waals surface area contributed by atoms with Crippen molar-refractivity contribution in [3.63, 3.8) is 0 Å². The van der Waals surface area contributed by atoms with Gasteiger partial charge in [0.05, 0.1) is 0 Å². The van der Waals surface area contributed by atoms with Crippen LogP contribution >= 0.6 is 0 Å². The summed E-state index contributed by atoms with van der Waals surface area (Å²) in [6.45, 7) is 0. The fraction of sp³-hybridized carbons (Fsp3) is 0.533. The van der Waals surface area contributed by atoms with Gasteiger partial charge in [-0.3, -0.25) is 0 Å². The van der Waals surface area contributed by atoms with Gasteiger partial charge in [0, 0.05) is 11.3 Å². The number of carbonyl (C=O) groups is 1. The SMILES string of the molecule is O=CC1CC1(c1ccccc1F)C1CCCC1. The maximum absolute atomic E-state index is 14.0. The topological polar surface area (TPSA) is 17.1 Å².